The van der Waals surface area contributed by atoms with Crippen molar-refractivity contribution in [2.24, 2.45) is 0 Å². The largest absolute Gasteiger partial charge is 0.360 e. The molecule has 6 heteroatoms. The summed E-state index contributed by atoms with van der Waals surface area (Å²) in [6, 6.07) is 14.0. The first-order valence-corrected chi connectivity index (χ1v) is 9.50. The summed E-state index contributed by atoms with van der Waals surface area (Å²) in [6.45, 7) is 5.99. The fraction of sp³-hybridized carbons (Fsp3) is 0.174. The number of benzene rings is 2. The highest BCUT2D eigenvalue weighted by Gasteiger charge is 2.09. The Hall–Kier alpha value is -3.67. The minimum atomic E-state index is -0.0885. The molecule has 0 atom stereocenters. The van der Waals surface area contributed by atoms with Gasteiger partial charge in [-0.1, -0.05) is 29.8 Å². The fourth-order valence-corrected chi connectivity index (χ4v) is 2.96. The van der Waals surface area contributed by atoms with Crippen molar-refractivity contribution in [3.05, 3.63) is 94.8 Å². The second-order valence-corrected chi connectivity index (χ2v) is 6.92. The van der Waals surface area contributed by atoms with Gasteiger partial charge < -0.3 is 26.6 Å². The first-order chi connectivity index (χ1) is 14.0. The zero-order valence-corrected chi connectivity index (χ0v) is 17.2. The topological polar surface area (TPSA) is 77.2 Å². The van der Waals surface area contributed by atoms with E-state index < -0.39 is 0 Å². The molecule has 0 radical (unpaired) electrons. The summed E-state index contributed by atoms with van der Waals surface area (Å²) in [6.07, 6.45) is 5.64. The van der Waals surface area contributed by atoms with Gasteiger partial charge in [0.1, 0.15) is 5.82 Å². The van der Waals surface area contributed by atoms with Crippen LogP contribution in [0.15, 0.2) is 72.6 Å². The molecule has 2 aromatic rings. The zero-order chi connectivity index (χ0) is 20.8. The minimum absolute atomic E-state index is 0.0885. The maximum absolute atomic E-state index is 11.9. The highest BCUT2D eigenvalue weighted by Crippen LogP contribution is 2.18. The van der Waals surface area contributed by atoms with Gasteiger partial charge in [-0.2, -0.15) is 0 Å². The van der Waals surface area contributed by atoms with Crippen molar-refractivity contribution in [1.29, 1.82) is 0 Å². The molecule has 1 aliphatic rings. The van der Waals surface area contributed by atoms with E-state index >= 15 is 0 Å². The highest BCUT2D eigenvalue weighted by molar-refractivity contribution is 5.95. The second kappa shape index (κ2) is 9.01. The van der Waals surface area contributed by atoms with Gasteiger partial charge in [0.05, 0.1) is 11.4 Å². The highest BCUT2D eigenvalue weighted by atomic mass is 16.1. The van der Waals surface area contributed by atoms with E-state index in [1.807, 2.05) is 50.6 Å². The molecule has 1 heterocycles. The van der Waals surface area contributed by atoms with Crippen LogP contribution in [-0.4, -0.2) is 13.0 Å². The molecule has 0 aliphatic carbocycles. The average Bonchev–Trinajstić information content (AvgIpc) is 2.80. The lowest BCUT2D eigenvalue weighted by atomic mass is 10.1. The minimum Gasteiger partial charge on any atom is -0.360 e. The van der Waals surface area contributed by atoms with Crippen molar-refractivity contribution in [2.45, 2.75) is 20.8 Å². The Morgan fingerprint density at radius 3 is 2.31 bits per heavy atom. The summed E-state index contributed by atoms with van der Waals surface area (Å²) in [5.41, 5.74) is 6.68. The van der Waals surface area contributed by atoms with E-state index in [1.165, 1.54) is 5.56 Å². The predicted octanol–water partition coefficient (Wildman–Crippen LogP) is 3.52. The molecule has 6 nitrogen and oxygen atoms in total. The average molecular weight is 390 g/mol. The van der Waals surface area contributed by atoms with Crippen molar-refractivity contribution in [1.82, 2.24) is 21.3 Å². The first-order valence-electron chi connectivity index (χ1n) is 9.50. The number of carbonyl (C=O) groups excluding carboxylic acids is 1. The normalized spacial score (nSPS) is 13.7. The lowest BCUT2D eigenvalue weighted by Gasteiger charge is -2.16. The van der Waals surface area contributed by atoms with Crippen molar-refractivity contribution < 1.29 is 4.79 Å². The van der Waals surface area contributed by atoms with Gasteiger partial charge in [0.2, 0.25) is 0 Å². The van der Waals surface area contributed by atoms with Gasteiger partial charge in [-0.15, -0.1) is 0 Å². The van der Waals surface area contributed by atoms with E-state index in [-0.39, 0.29) is 5.91 Å². The molecule has 150 valence electrons. The van der Waals surface area contributed by atoms with Crippen LogP contribution in [0.1, 0.15) is 34.0 Å². The molecule has 0 unspecified atom stereocenters. The molecule has 0 fully saturated rings. The number of allylic oxidation sites excluding steroid dienone is 1. The van der Waals surface area contributed by atoms with Crippen LogP contribution in [-0.2, 0) is 0 Å². The van der Waals surface area contributed by atoms with Gasteiger partial charge in [-0.3, -0.25) is 4.79 Å². The Morgan fingerprint density at radius 2 is 1.62 bits per heavy atom. The van der Waals surface area contributed by atoms with Gasteiger partial charge in [-0.05, 0) is 50.1 Å². The maximum atomic E-state index is 11.9. The molecular formula is C23H27N5O. The summed E-state index contributed by atoms with van der Waals surface area (Å²) in [4.78, 5) is 11.9. The zero-order valence-electron chi connectivity index (χ0n) is 17.2. The monoisotopic (exact) mass is 389 g/mol. The van der Waals surface area contributed by atoms with E-state index in [0.29, 0.717) is 5.56 Å². The van der Waals surface area contributed by atoms with Crippen LogP contribution in [0.2, 0.25) is 0 Å². The van der Waals surface area contributed by atoms with Crippen LogP contribution < -0.4 is 26.6 Å². The van der Waals surface area contributed by atoms with E-state index in [4.69, 9.17) is 0 Å². The van der Waals surface area contributed by atoms with Crippen LogP contribution in [0.3, 0.4) is 0 Å². The molecule has 5 N–H and O–H groups in total. The SMILES string of the molecule is CNC(=O)c1ccc(NC2=C(C)NC=C(c3ccc(C)cc3)NC=CN2)cc1C. The van der Waals surface area contributed by atoms with E-state index in [0.717, 1.165) is 34.0 Å². The van der Waals surface area contributed by atoms with E-state index in [1.54, 1.807) is 7.05 Å². The number of hydrogen-bond donors (Lipinski definition) is 5. The lowest BCUT2D eigenvalue weighted by molar-refractivity contribution is 0.0962. The smallest absolute Gasteiger partial charge is 0.251 e. The fourth-order valence-electron chi connectivity index (χ4n) is 2.96. The van der Waals surface area contributed by atoms with Gasteiger partial charge in [0.15, 0.2) is 0 Å². The van der Waals surface area contributed by atoms with Gasteiger partial charge in [-0.25, -0.2) is 0 Å². The molecule has 3 rings (SSSR count). The number of anilines is 1. The van der Waals surface area contributed by atoms with Crippen LogP contribution >= 0.6 is 0 Å². The summed E-state index contributed by atoms with van der Waals surface area (Å²) >= 11 is 0. The molecule has 0 saturated heterocycles. The van der Waals surface area contributed by atoms with Gasteiger partial charge >= 0.3 is 0 Å². The Labute approximate surface area is 171 Å². The number of hydrogen-bond acceptors (Lipinski definition) is 5. The molecule has 1 amide bonds. The first kappa shape index (κ1) is 20.1. The van der Waals surface area contributed by atoms with Crippen LogP contribution in [0.5, 0.6) is 0 Å². The maximum Gasteiger partial charge on any atom is 0.251 e. The third kappa shape index (κ3) is 4.99. The van der Waals surface area contributed by atoms with Crippen molar-refractivity contribution in [3.8, 4) is 0 Å². The molecule has 0 aromatic heterocycles. The summed E-state index contributed by atoms with van der Waals surface area (Å²) in [5.74, 6) is 0.728. The second-order valence-electron chi connectivity index (χ2n) is 6.92. The summed E-state index contributed by atoms with van der Waals surface area (Å²) in [5, 5.41) is 15.9. The predicted molar refractivity (Wildman–Crippen MR) is 119 cm³/mol. The lowest BCUT2D eigenvalue weighted by Crippen LogP contribution is -2.21. The number of carbonyl (C=O) groups is 1. The van der Waals surface area contributed by atoms with Crippen LogP contribution in [0.4, 0.5) is 5.69 Å². The van der Waals surface area contributed by atoms with Crippen molar-refractivity contribution >= 4 is 17.3 Å². The number of amides is 1. The summed E-state index contributed by atoms with van der Waals surface area (Å²) < 4.78 is 0. The Bertz CT molecular complexity index is 987. The van der Waals surface area contributed by atoms with Crippen LogP contribution in [0.25, 0.3) is 5.70 Å². The number of aryl methyl sites for hydroxylation is 2. The summed E-state index contributed by atoms with van der Waals surface area (Å²) in [7, 11) is 1.63. The van der Waals surface area contributed by atoms with E-state index in [9.17, 15) is 4.79 Å². The molecular weight excluding hydrogens is 362 g/mol. The Balaban J connectivity index is 1.82. The Morgan fingerprint density at radius 1 is 0.897 bits per heavy atom. The molecule has 2 aromatic carbocycles. The number of rotatable bonds is 4. The molecule has 0 bridgehead atoms. The third-order valence-electron chi connectivity index (χ3n) is 4.69. The Kier molecular flexibility index (Phi) is 6.24. The van der Waals surface area contributed by atoms with Crippen LogP contribution in [0, 0.1) is 13.8 Å². The van der Waals surface area contributed by atoms with Gasteiger partial charge in [0.25, 0.3) is 5.91 Å². The standard InChI is InChI=1S/C23H27N5O/c1-15-5-7-18(8-6-15)21-14-27-17(3)22(26-12-11-25-21)28-19-9-10-20(16(2)13-19)23(29)24-4/h5-14,25-28H,1-4H3,(H,24,29). The third-order valence-corrected chi connectivity index (χ3v) is 4.69. The van der Waals surface area contributed by atoms with Gasteiger partial charge in [0, 0.05) is 36.9 Å². The quantitative estimate of drug-likeness (QED) is 0.553. The van der Waals surface area contributed by atoms with E-state index in [2.05, 4.69) is 57.8 Å². The molecule has 29 heavy (non-hydrogen) atoms. The number of nitrogens with one attached hydrogen (secondary N) is 5. The molecule has 0 spiro atoms. The van der Waals surface area contributed by atoms with Crippen molar-refractivity contribution in [2.75, 3.05) is 12.4 Å². The van der Waals surface area contributed by atoms with Crippen molar-refractivity contribution in [3.63, 3.8) is 0 Å². The molecule has 0 saturated carbocycles. The molecule has 1 aliphatic heterocycles.